The molecule has 6 rings (SSSR count). The third-order valence-corrected chi connectivity index (χ3v) is 7.22. The van der Waals surface area contributed by atoms with Crippen LogP contribution in [0.15, 0.2) is 53.1 Å². The Kier molecular flexibility index (Phi) is 5.94. The van der Waals surface area contributed by atoms with E-state index in [4.69, 9.17) is 9.15 Å². The maximum atomic E-state index is 15.7. The Bertz CT molecular complexity index is 1560. The second-order valence-electron chi connectivity index (χ2n) is 9.37. The van der Waals surface area contributed by atoms with Gasteiger partial charge in [-0.3, -0.25) is 14.7 Å². The van der Waals surface area contributed by atoms with Crippen molar-refractivity contribution in [1.29, 1.82) is 0 Å². The van der Waals surface area contributed by atoms with Gasteiger partial charge in [-0.25, -0.2) is 9.18 Å². The van der Waals surface area contributed by atoms with Crippen molar-refractivity contribution >= 4 is 40.1 Å². The minimum absolute atomic E-state index is 0.0329. The van der Waals surface area contributed by atoms with Crippen LogP contribution >= 0.6 is 0 Å². The lowest BCUT2D eigenvalue weighted by molar-refractivity contribution is -0.119. The second-order valence-corrected chi connectivity index (χ2v) is 9.37. The first kappa shape index (κ1) is 23.9. The Balaban J connectivity index is 1.42. The summed E-state index contributed by atoms with van der Waals surface area (Å²) in [5, 5.41) is 7.13. The van der Waals surface area contributed by atoms with E-state index in [2.05, 4.69) is 10.2 Å². The van der Waals surface area contributed by atoms with Crippen molar-refractivity contribution in [1.82, 2.24) is 10.2 Å². The monoisotopic (exact) mass is 516 g/mol. The first-order valence-corrected chi connectivity index (χ1v) is 12.6. The number of H-pyrrole nitrogens is 1. The van der Waals surface area contributed by atoms with Crippen LogP contribution in [0.25, 0.3) is 11.0 Å². The lowest BCUT2D eigenvalue weighted by Gasteiger charge is -2.33. The molecule has 2 amide bonds. The van der Waals surface area contributed by atoms with Gasteiger partial charge in [0.1, 0.15) is 17.1 Å². The molecule has 1 N–H and O–H groups in total. The predicted molar refractivity (Wildman–Crippen MR) is 137 cm³/mol. The van der Waals surface area contributed by atoms with Gasteiger partial charge in [-0.15, -0.1) is 0 Å². The number of aromatic nitrogens is 2. The molecule has 0 bridgehead atoms. The number of benzene rings is 2. The maximum absolute atomic E-state index is 15.7. The molecule has 38 heavy (non-hydrogen) atoms. The molecule has 0 saturated carbocycles. The zero-order chi connectivity index (χ0) is 26.4. The highest BCUT2D eigenvalue weighted by Crippen LogP contribution is 2.40. The summed E-state index contributed by atoms with van der Waals surface area (Å²) in [5.41, 5.74) is 2.42. The molecule has 2 aromatic heterocycles. The van der Waals surface area contributed by atoms with E-state index in [1.165, 1.54) is 11.2 Å². The van der Waals surface area contributed by atoms with Gasteiger partial charge in [0.25, 0.3) is 5.91 Å². The minimum atomic E-state index is -0.705. The van der Waals surface area contributed by atoms with Crippen molar-refractivity contribution < 1.29 is 27.9 Å². The number of carbonyl (C=O) groups is 3. The maximum Gasteiger partial charge on any atom is 0.356 e. The molecule has 4 heterocycles. The van der Waals surface area contributed by atoms with Crippen LogP contribution in [0.1, 0.15) is 64.2 Å². The molecule has 1 atom stereocenters. The SMILES string of the molecule is CCOC(=O)c1[nH]nc2c1C(c1ccc3occc3c1F)CN(c1ccc(N3CCCCC3=O)cc1)C2=O. The van der Waals surface area contributed by atoms with E-state index in [9.17, 15) is 14.4 Å². The molecule has 9 nitrogen and oxygen atoms in total. The van der Waals surface area contributed by atoms with Gasteiger partial charge in [0, 0.05) is 42.4 Å². The molecule has 10 heteroatoms. The highest BCUT2D eigenvalue weighted by Gasteiger charge is 2.40. The second kappa shape index (κ2) is 9.44. The number of nitrogens with zero attached hydrogens (tertiary/aromatic N) is 3. The van der Waals surface area contributed by atoms with Crippen LogP contribution < -0.4 is 9.80 Å². The summed E-state index contributed by atoms with van der Waals surface area (Å²) in [7, 11) is 0. The van der Waals surface area contributed by atoms with Crippen LogP contribution in [0.4, 0.5) is 15.8 Å². The number of carbonyl (C=O) groups excluding carboxylic acids is 3. The third kappa shape index (κ3) is 3.84. The Morgan fingerprint density at radius 2 is 1.87 bits per heavy atom. The molecule has 2 aromatic carbocycles. The lowest BCUT2D eigenvalue weighted by atomic mass is 9.85. The summed E-state index contributed by atoms with van der Waals surface area (Å²) in [4.78, 5) is 41.9. The zero-order valence-electron chi connectivity index (χ0n) is 20.7. The van der Waals surface area contributed by atoms with Gasteiger partial charge in [0.05, 0.1) is 18.3 Å². The molecule has 2 aliphatic rings. The fourth-order valence-corrected chi connectivity index (χ4v) is 5.36. The van der Waals surface area contributed by atoms with Crippen molar-refractivity contribution in [2.45, 2.75) is 32.1 Å². The van der Waals surface area contributed by atoms with E-state index < -0.39 is 23.6 Å². The van der Waals surface area contributed by atoms with Crippen LogP contribution in [-0.2, 0) is 9.53 Å². The van der Waals surface area contributed by atoms with Crippen molar-refractivity contribution in [3.63, 3.8) is 0 Å². The van der Waals surface area contributed by atoms with Crippen LogP contribution in [-0.4, -0.2) is 47.7 Å². The van der Waals surface area contributed by atoms with Gasteiger partial charge in [-0.05, 0) is 61.7 Å². The fourth-order valence-electron chi connectivity index (χ4n) is 5.36. The largest absolute Gasteiger partial charge is 0.464 e. The standard InChI is InChI=1S/C28H25FN4O5/c1-2-37-28(36)26-23-20(18-10-11-21-19(24(18)29)12-14-38-21)15-33(27(35)25(23)30-31-26)17-8-6-16(7-9-17)32-13-4-3-5-22(32)34/h6-12,14,20H,2-5,13,15H2,1H3,(H,30,31). The molecule has 1 unspecified atom stereocenters. The lowest BCUT2D eigenvalue weighted by Crippen LogP contribution is -2.41. The number of furan rings is 1. The minimum Gasteiger partial charge on any atom is -0.464 e. The van der Waals surface area contributed by atoms with Crippen molar-refractivity contribution in [3.05, 3.63) is 77.1 Å². The zero-order valence-corrected chi connectivity index (χ0v) is 20.7. The van der Waals surface area contributed by atoms with Gasteiger partial charge in [-0.2, -0.15) is 5.10 Å². The number of nitrogens with one attached hydrogen (secondary N) is 1. The Morgan fingerprint density at radius 1 is 1.11 bits per heavy atom. The summed E-state index contributed by atoms with van der Waals surface area (Å²) in [5.74, 6) is -2.20. The van der Waals surface area contributed by atoms with Gasteiger partial charge < -0.3 is 19.0 Å². The number of amides is 2. The number of anilines is 2. The summed E-state index contributed by atoms with van der Waals surface area (Å²) < 4.78 is 26.3. The summed E-state index contributed by atoms with van der Waals surface area (Å²) in [6.07, 6.45) is 3.76. The molecular formula is C28H25FN4O5. The molecule has 0 radical (unpaired) electrons. The topological polar surface area (TPSA) is 109 Å². The van der Waals surface area contributed by atoms with E-state index >= 15 is 4.39 Å². The van der Waals surface area contributed by atoms with Crippen LogP contribution in [0.2, 0.25) is 0 Å². The average molecular weight is 517 g/mol. The van der Waals surface area contributed by atoms with Crippen LogP contribution in [0, 0.1) is 5.82 Å². The average Bonchev–Trinajstić information content (AvgIpc) is 3.59. The number of esters is 1. The highest BCUT2D eigenvalue weighted by molar-refractivity contribution is 6.09. The van der Waals surface area contributed by atoms with Gasteiger partial charge in [-0.1, -0.05) is 6.07 Å². The Labute approximate surface area is 217 Å². The number of halogens is 1. The number of hydrogen-bond donors (Lipinski definition) is 1. The van der Waals surface area contributed by atoms with E-state index in [1.807, 2.05) is 12.1 Å². The summed E-state index contributed by atoms with van der Waals surface area (Å²) in [6.45, 7) is 2.54. The smallest absolute Gasteiger partial charge is 0.356 e. The Morgan fingerprint density at radius 3 is 2.61 bits per heavy atom. The highest BCUT2D eigenvalue weighted by atomic mass is 19.1. The molecule has 1 saturated heterocycles. The van der Waals surface area contributed by atoms with Gasteiger partial charge >= 0.3 is 5.97 Å². The molecular weight excluding hydrogens is 491 g/mol. The molecule has 1 fully saturated rings. The number of piperidine rings is 1. The number of aromatic amines is 1. The van der Waals surface area contributed by atoms with Gasteiger partial charge in [0.2, 0.25) is 5.91 Å². The van der Waals surface area contributed by atoms with Crippen LogP contribution in [0.3, 0.4) is 0 Å². The first-order valence-electron chi connectivity index (χ1n) is 12.6. The first-order chi connectivity index (χ1) is 18.5. The number of fused-ring (bicyclic) bond motifs is 2. The van der Waals surface area contributed by atoms with E-state index in [0.29, 0.717) is 40.7 Å². The molecule has 0 spiro atoms. The van der Waals surface area contributed by atoms with Crippen molar-refractivity contribution in [2.24, 2.45) is 0 Å². The Hall–Kier alpha value is -4.47. The van der Waals surface area contributed by atoms with E-state index in [1.54, 1.807) is 42.2 Å². The predicted octanol–water partition coefficient (Wildman–Crippen LogP) is 4.78. The van der Waals surface area contributed by atoms with Crippen LogP contribution in [0.5, 0.6) is 0 Å². The molecule has 4 aromatic rings. The summed E-state index contributed by atoms with van der Waals surface area (Å²) >= 11 is 0. The van der Waals surface area contributed by atoms with E-state index in [0.717, 1.165) is 18.5 Å². The third-order valence-electron chi connectivity index (χ3n) is 7.22. The normalized spacial score (nSPS) is 17.7. The summed E-state index contributed by atoms with van der Waals surface area (Å²) in [6, 6.07) is 12.0. The molecule has 2 aliphatic heterocycles. The number of ether oxygens (including phenoxy) is 1. The number of hydrogen-bond acceptors (Lipinski definition) is 6. The van der Waals surface area contributed by atoms with Crippen molar-refractivity contribution in [2.75, 3.05) is 29.5 Å². The van der Waals surface area contributed by atoms with Gasteiger partial charge in [0.15, 0.2) is 5.69 Å². The number of rotatable bonds is 5. The quantitative estimate of drug-likeness (QED) is 0.383. The van der Waals surface area contributed by atoms with E-state index in [-0.39, 0.29) is 30.4 Å². The molecule has 194 valence electrons. The molecule has 0 aliphatic carbocycles. The fraction of sp³-hybridized carbons (Fsp3) is 0.286. The van der Waals surface area contributed by atoms with Crippen molar-refractivity contribution in [3.8, 4) is 0 Å².